The fourth-order valence-corrected chi connectivity index (χ4v) is 17.1. The molecule has 3 aromatic heterocycles. The van der Waals surface area contributed by atoms with Gasteiger partial charge in [-0.1, -0.05) is 184 Å². The van der Waals surface area contributed by atoms with Gasteiger partial charge in [-0.15, -0.1) is 0 Å². The molecule has 11 aromatic carbocycles. The molecule has 10 nitrogen and oxygen atoms in total. The number of anilines is 2. The first-order chi connectivity index (χ1) is 50.2. The fourth-order valence-electron chi connectivity index (χ4n) is 17.1. The number of hydrogen-bond acceptors (Lipinski definition) is 7. The van der Waals surface area contributed by atoms with Crippen LogP contribution in [0.4, 0.5) is 11.4 Å². The van der Waals surface area contributed by atoms with Crippen molar-refractivity contribution in [3.8, 4) is 75.7 Å². The van der Waals surface area contributed by atoms with Crippen LogP contribution in [0.2, 0.25) is 0 Å². The molecule has 14 aromatic rings. The van der Waals surface area contributed by atoms with Crippen molar-refractivity contribution < 1.29 is 0 Å². The molecular formula is C92H58N10. The molecule has 0 fully saturated rings. The first kappa shape index (κ1) is 60.4. The summed E-state index contributed by atoms with van der Waals surface area (Å²) >= 11 is 0. The van der Waals surface area contributed by atoms with Crippen molar-refractivity contribution in [2.75, 3.05) is 4.90 Å². The van der Waals surface area contributed by atoms with Gasteiger partial charge in [0.1, 0.15) is 12.1 Å². The van der Waals surface area contributed by atoms with E-state index in [4.69, 9.17) is 0 Å². The summed E-state index contributed by atoms with van der Waals surface area (Å²) in [5.74, 6) is -0.318. The molecule has 0 bridgehead atoms. The Labute approximate surface area is 589 Å². The van der Waals surface area contributed by atoms with E-state index in [1.807, 2.05) is 133 Å². The van der Waals surface area contributed by atoms with Gasteiger partial charge >= 0.3 is 0 Å². The average molecular weight is 1300 g/mol. The van der Waals surface area contributed by atoms with Crippen LogP contribution >= 0.6 is 0 Å². The van der Waals surface area contributed by atoms with Crippen molar-refractivity contribution in [3.05, 3.63) is 340 Å². The molecule has 0 amide bonds. The van der Waals surface area contributed by atoms with Crippen LogP contribution in [0.25, 0.3) is 105 Å². The first-order valence-corrected chi connectivity index (χ1v) is 34.3. The van der Waals surface area contributed by atoms with Gasteiger partial charge in [-0.25, -0.2) is 0 Å². The van der Waals surface area contributed by atoms with E-state index in [9.17, 15) is 31.6 Å². The van der Waals surface area contributed by atoms with E-state index in [1.54, 1.807) is 0 Å². The number of nitriles is 6. The zero-order valence-corrected chi connectivity index (χ0v) is 55.5. The van der Waals surface area contributed by atoms with Crippen molar-refractivity contribution >= 4 is 77.0 Å². The number of fused-ring (bicyclic) bond motifs is 12. The highest BCUT2D eigenvalue weighted by Gasteiger charge is 2.40. The summed E-state index contributed by atoms with van der Waals surface area (Å²) in [4.78, 5) is 2.45. The van der Waals surface area contributed by atoms with E-state index >= 15 is 0 Å². The van der Waals surface area contributed by atoms with Crippen LogP contribution in [-0.4, -0.2) is 19.7 Å². The van der Waals surface area contributed by atoms with E-state index < -0.39 is 0 Å². The van der Waals surface area contributed by atoms with Crippen LogP contribution in [0.15, 0.2) is 279 Å². The van der Waals surface area contributed by atoms with Gasteiger partial charge in [-0.2, -0.15) is 31.6 Å². The van der Waals surface area contributed by atoms with Crippen molar-refractivity contribution in [2.45, 2.75) is 44.1 Å². The van der Waals surface area contributed by atoms with Gasteiger partial charge in [0.15, 0.2) is 0 Å². The Morgan fingerprint density at radius 2 is 0.980 bits per heavy atom. The molecule has 5 unspecified atom stereocenters. The third-order valence-electron chi connectivity index (χ3n) is 21.7. The molecule has 3 aliphatic carbocycles. The fraction of sp³-hybridized carbons (Fsp3) is 0.0870. The molecule has 0 spiro atoms. The summed E-state index contributed by atoms with van der Waals surface area (Å²) in [5.41, 5.74) is 23.4. The number of hydrogen-bond donors (Lipinski definition) is 0. The molecule has 0 saturated carbocycles. The highest BCUT2D eigenvalue weighted by atomic mass is 15.2. The molecule has 5 atom stereocenters. The first-order valence-electron chi connectivity index (χ1n) is 34.3. The van der Waals surface area contributed by atoms with Gasteiger partial charge in [0.2, 0.25) is 0 Å². The highest BCUT2D eigenvalue weighted by Crippen LogP contribution is 2.53. The maximum absolute atomic E-state index is 11.8. The number of benzene rings is 11. The predicted octanol–water partition coefficient (Wildman–Crippen LogP) is 21.5. The van der Waals surface area contributed by atoms with Gasteiger partial charge in [0.05, 0.1) is 103 Å². The molecule has 4 heterocycles. The summed E-state index contributed by atoms with van der Waals surface area (Å²) in [6.07, 6.45) is 15.9. The third kappa shape index (κ3) is 9.12. The molecule has 10 heteroatoms. The number of aromatic nitrogens is 3. The molecule has 0 N–H and O–H groups in total. The summed E-state index contributed by atoms with van der Waals surface area (Å²) < 4.78 is 6.68. The van der Waals surface area contributed by atoms with E-state index in [2.05, 4.69) is 208 Å². The molecule has 102 heavy (non-hydrogen) atoms. The monoisotopic (exact) mass is 1300 g/mol. The molecule has 0 saturated heterocycles. The second kappa shape index (κ2) is 23.9. The largest absolute Gasteiger partial charge is 0.333 e. The zero-order valence-electron chi connectivity index (χ0n) is 55.5. The van der Waals surface area contributed by atoms with Crippen molar-refractivity contribution in [1.82, 2.24) is 13.7 Å². The maximum Gasteiger partial charge on any atom is 0.102 e. The van der Waals surface area contributed by atoms with Crippen LogP contribution in [0, 0.1) is 73.9 Å². The molecule has 18 rings (SSSR count). The summed E-state index contributed by atoms with van der Waals surface area (Å²) in [7, 11) is 0. The lowest BCUT2D eigenvalue weighted by Gasteiger charge is -2.34. The summed E-state index contributed by atoms with van der Waals surface area (Å²) in [6.45, 7) is 4.46. The SMILES string of the molecule is CC1CC=C(c2ccc3c4ccccc4n(-c4ccccc4-c4cc(-c5cccc(-n6c7ccccc7c7cc(C#N)ccc76)c5C#N)ccc4C#N)c3c2)c2c1n(-c1cccc(C3C=C(C#N)C=C(c4ccccc4N4c5ccccc5C5C=CC=CC54)C3C)c1C#N)c1ccc(C#N)cc21. The maximum atomic E-state index is 11.8. The Morgan fingerprint density at radius 1 is 0.392 bits per heavy atom. The smallest absolute Gasteiger partial charge is 0.102 e. The minimum absolute atomic E-state index is 0.0161. The molecular weight excluding hydrogens is 1250 g/mol. The standard InChI is InChI=1S/C92H58N10/c1-55-33-39-64(91-77-44-58(50-94)35-42-89(77)102(92(55)91)87-32-16-24-65(79(87)54-98)73-45-59(51-95)46-74(56(73)2)69-20-6-12-28-83(69)99-80-25-9-3-17-66(80)67-18-4-10-26-81(67)99)61-38-40-72-68-19-5-11-27-82(68)101(90(72)48-61)84-29-13-7-21-70(84)75-47-60(36-37-62(75)52-96)63-23-15-31-86(78(63)53-97)100-85-30-14-8-22-71(85)76-43-57(49-93)34-41-88(76)100/h3-32,34-48,55-56,66,73,80H,33H2,1-2H3. The molecule has 0 radical (unpaired) electrons. The van der Waals surface area contributed by atoms with Crippen molar-refractivity contribution in [1.29, 1.82) is 31.6 Å². The average Bonchev–Trinajstić information content (AvgIpc) is 1.53. The number of rotatable bonds is 9. The predicted molar refractivity (Wildman–Crippen MR) is 406 cm³/mol. The molecule has 4 aliphatic rings. The van der Waals surface area contributed by atoms with Gasteiger partial charge in [0, 0.05) is 95.1 Å². The Bertz CT molecular complexity index is 6460. The van der Waals surface area contributed by atoms with Gasteiger partial charge < -0.3 is 18.6 Å². The van der Waals surface area contributed by atoms with Gasteiger partial charge in [-0.3, -0.25) is 0 Å². The highest BCUT2D eigenvalue weighted by molar-refractivity contribution is 6.13. The summed E-state index contributed by atoms with van der Waals surface area (Å²) in [5, 5.41) is 70.5. The van der Waals surface area contributed by atoms with E-state index in [1.165, 1.54) is 5.56 Å². The van der Waals surface area contributed by atoms with E-state index in [0.29, 0.717) is 56.6 Å². The van der Waals surface area contributed by atoms with Crippen molar-refractivity contribution in [3.63, 3.8) is 0 Å². The minimum atomic E-state index is -0.346. The van der Waals surface area contributed by atoms with Crippen LogP contribution in [0.1, 0.15) is 99.4 Å². The van der Waals surface area contributed by atoms with Crippen LogP contribution < -0.4 is 4.90 Å². The lowest BCUT2D eigenvalue weighted by molar-refractivity contribution is 0.648. The Hall–Kier alpha value is -14.0. The van der Waals surface area contributed by atoms with Gasteiger partial charge in [0.25, 0.3) is 0 Å². The number of para-hydroxylation sites is 5. The lowest BCUT2D eigenvalue weighted by Crippen LogP contribution is -2.29. The Morgan fingerprint density at radius 3 is 1.73 bits per heavy atom. The van der Waals surface area contributed by atoms with E-state index in [-0.39, 0.29) is 29.7 Å². The number of nitrogens with zero attached hydrogens (tertiary/aromatic N) is 10. The third-order valence-corrected chi connectivity index (χ3v) is 21.7. The second-order valence-corrected chi connectivity index (χ2v) is 26.9. The quantitative estimate of drug-likeness (QED) is 0.139. The minimum Gasteiger partial charge on any atom is -0.333 e. The zero-order chi connectivity index (χ0) is 69.0. The lowest BCUT2D eigenvalue weighted by atomic mass is 9.73. The Balaban J connectivity index is 0.757. The Kier molecular flexibility index (Phi) is 14.2. The van der Waals surface area contributed by atoms with Crippen LogP contribution in [0.5, 0.6) is 0 Å². The summed E-state index contributed by atoms with van der Waals surface area (Å²) in [6, 6.07) is 93.1. The van der Waals surface area contributed by atoms with Crippen LogP contribution in [0.3, 0.4) is 0 Å². The van der Waals surface area contributed by atoms with Gasteiger partial charge in [-0.05, 0) is 149 Å². The van der Waals surface area contributed by atoms with E-state index in [0.717, 1.165) is 127 Å². The molecule has 1 aliphatic heterocycles. The normalized spacial score (nSPS) is 17.2. The number of allylic oxidation sites excluding steroid dienone is 7. The second-order valence-electron chi connectivity index (χ2n) is 26.9. The van der Waals surface area contributed by atoms with Crippen LogP contribution in [-0.2, 0) is 0 Å². The molecule has 476 valence electrons. The topological polar surface area (TPSA) is 161 Å². The van der Waals surface area contributed by atoms with Crippen molar-refractivity contribution in [2.24, 2.45) is 5.92 Å².